The first kappa shape index (κ1) is 17.0. The molecule has 0 amide bonds. The average Bonchev–Trinajstić information content (AvgIpc) is 3.22. The van der Waals surface area contributed by atoms with Crippen LogP contribution in [0.15, 0.2) is 73.3 Å². The van der Waals surface area contributed by atoms with Crippen LogP contribution >= 0.6 is 11.3 Å². The Bertz CT molecular complexity index is 1380. The standard InChI is InChI=1S/C26H21NS/c1-4-8-23-19(5-2)21-16-26-22(20-9-6-7-10-25(20)28-26)15-24(21)27(23)18-13-11-17(3)12-14-18/h4-16H,2H2,1,3H3/b8-4-. The zero-order valence-corrected chi connectivity index (χ0v) is 16.9. The maximum Gasteiger partial charge on any atom is 0.0548 e. The molecule has 0 unspecified atom stereocenters. The highest BCUT2D eigenvalue weighted by molar-refractivity contribution is 7.25. The van der Waals surface area contributed by atoms with E-state index in [1.165, 1.54) is 53.6 Å². The molecule has 3 aromatic carbocycles. The molecule has 0 aliphatic carbocycles. The highest BCUT2D eigenvalue weighted by Gasteiger charge is 2.17. The minimum atomic E-state index is 1.18. The van der Waals surface area contributed by atoms with Crippen molar-refractivity contribution in [1.29, 1.82) is 0 Å². The number of rotatable bonds is 3. The molecule has 0 saturated heterocycles. The number of thiophene rings is 1. The van der Waals surface area contributed by atoms with Gasteiger partial charge in [-0.25, -0.2) is 0 Å². The molecule has 0 saturated carbocycles. The van der Waals surface area contributed by atoms with Crippen molar-refractivity contribution in [3.63, 3.8) is 0 Å². The molecule has 0 fully saturated rings. The first-order valence-electron chi connectivity index (χ1n) is 9.53. The summed E-state index contributed by atoms with van der Waals surface area (Å²) in [6.45, 7) is 8.32. The van der Waals surface area contributed by atoms with Gasteiger partial charge >= 0.3 is 0 Å². The number of aryl methyl sites for hydroxylation is 1. The predicted octanol–water partition coefficient (Wildman–Crippen LogP) is 7.98. The number of fused-ring (bicyclic) bond motifs is 4. The van der Waals surface area contributed by atoms with Crippen molar-refractivity contribution in [2.45, 2.75) is 13.8 Å². The molecule has 0 bridgehead atoms. The molecule has 0 aliphatic rings. The van der Waals surface area contributed by atoms with Crippen LogP contribution in [-0.4, -0.2) is 4.57 Å². The summed E-state index contributed by atoms with van der Waals surface area (Å²) < 4.78 is 5.02. The monoisotopic (exact) mass is 379 g/mol. The van der Waals surface area contributed by atoms with Gasteiger partial charge in [0.25, 0.3) is 0 Å². The summed E-state index contributed by atoms with van der Waals surface area (Å²) in [7, 11) is 0. The summed E-state index contributed by atoms with van der Waals surface area (Å²) >= 11 is 1.86. The fourth-order valence-corrected chi connectivity index (χ4v) is 5.18. The largest absolute Gasteiger partial charge is 0.309 e. The van der Waals surface area contributed by atoms with E-state index in [2.05, 4.69) is 97.8 Å². The van der Waals surface area contributed by atoms with Crippen LogP contribution < -0.4 is 0 Å². The summed E-state index contributed by atoms with van der Waals surface area (Å²) in [5.74, 6) is 0. The normalized spacial score (nSPS) is 11.9. The Hall–Kier alpha value is -3.10. The molecule has 5 aromatic rings. The predicted molar refractivity (Wildman–Crippen MR) is 126 cm³/mol. The van der Waals surface area contributed by atoms with E-state index in [9.17, 15) is 0 Å². The van der Waals surface area contributed by atoms with E-state index in [4.69, 9.17) is 0 Å². The van der Waals surface area contributed by atoms with Crippen LogP contribution in [0, 0.1) is 6.92 Å². The molecule has 5 rings (SSSR count). The van der Waals surface area contributed by atoms with E-state index in [-0.39, 0.29) is 0 Å². The van der Waals surface area contributed by atoms with Crippen LogP contribution in [0.25, 0.3) is 48.9 Å². The summed E-state index contributed by atoms with van der Waals surface area (Å²) in [4.78, 5) is 0. The van der Waals surface area contributed by atoms with E-state index >= 15 is 0 Å². The molecule has 28 heavy (non-hydrogen) atoms. The fraction of sp³-hybridized carbons (Fsp3) is 0.0769. The highest BCUT2D eigenvalue weighted by atomic mass is 32.1. The van der Waals surface area contributed by atoms with Gasteiger partial charge in [0, 0.05) is 36.8 Å². The Kier molecular flexibility index (Phi) is 3.96. The Morgan fingerprint density at radius 3 is 2.43 bits per heavy atom. The first-order valence-corrected chi connectivity index (χ1v) is 10.3. The van der Waals surface area contributed by atoms with Gasteiger partial charge in [0.15, 0.2) is 0 Å². The van der Waals surface area contributed by atoms with Crippen molar-refractivity contribution in [3.8, 4) is 5.69 Å². The van der Waals surface area contributed by atoms with E-state index in [0.29, 0.717) is 0 Å². The number of benzene rings is 3. The first-order chi connectivity index (χ1) is 13.7. The summed E-state index contributed by atoms with van der Waals surface area (Å²) in [6.07, 6.45) is 6.27. The Morgan fingerprint density at radius 1 is 0.893 bits per heavy atom. The van der Waals surface area contributed by atoms with Crippen LogP contribution in [0.1, 0.15) is 23.7 Å². The minimum Gasteiger partial charge on any atom is -0.309 e. The van der Waals surface area contributed by atoms with Crippen LogP contribution in [0.4, 0.5) is 0 Å². The van der Waals surface area contributed by atoms with Gasteiger partial charge in [0.1, 0.15) is 0 Å². The van der Waals surface area contributed by atoms with E-state index < -0.39 is 0 Å². The molecule has 2 heterocycles. The summed E-state index contributed by atoms with van der Waals surface area (Å²) in [6, 6.07) is 22.1. The second-order valence-electron chi connectivity index (χ2n) is 7.14. The second-order valence-corrected chi connectivity index (χ2v) is 8.22. The Balaban J connectivity index is 1.96. The number of hydrogen-bond acceptors (Lipinski definition) is 1. The third-order valence-electron chi connectivity index (χ3n) is 5.36. The van der Waals surface area contributed by atoms with E-state index in [0.717, 1.165) is 0 Å². The van der Waals surface area contributed by atoms with Crippen LogP contribution in [0.5, 0.6) is 0 Å². The van der Waals surface area contributed by atoms with Crippen LogP contribution in [0.3, 0.4) is 0 Å². The Morgan fingerprint density at radius 2 is 1.68 bits per heavy atom. The molecule has 136 valence electrons. The lowest BCUT2D eigenvalue weighted by Gasteiger charge is -2.10. The quantitative estimate of drug-likeness (QED) is 0.299. The van der Waals surface area contributed by atoms with Gasteiger partial charge in [-0.1, -0.05) is 54.6 Å². The average molecular weight is 380 g/mol. The van der Waals surface area contributed by atoms with Gasteiger partial charge in [-0.2, -0.15) is 0 Å². The van der Waals surface area contributed by atoms with Gasteiger partial charge in [-0.3, -0.25) is 0 Å². The molecule has 2 heteroatoms. The molecule has 0 radical (unpaired) electrons. The van der Waals surface area contributed by atoms with Crippen molar-refractivity contribution in [1.82, 2.24) is 4.57 Å². The summed E-state index contributed by atoms with van der Waals surface area (Å²) in [5.41, 5.74) is 6.04. The van der Waals surface area contributed by atoms with Crippen molar-refractivity contribution in [3.05, 3.63) is 90.1 Å². The van der Waals surface area contributed by atoms with Gasteiger partial charge in [0.05, 0.1) is 11.2 Å². The van der Waals surface area contributed by atoms with Crippen LogP contribution in [0.2, 0.25) is 0 Å². The number of aromatic nitrogens is 1. The van der Waals surface area contributed by atoms with Crippen molar-refractivity contribution in [2.24, 2.45) is 0 Å². The van der Waals surface area contributed by atoms with Gasteiger partial charge < -0.3 is 4.57 Å². The third-order valence-corrected chi connectivity index (χ3v) is 6.50. The maximum atomic E-state index is 4.12. The minimum absolute atomic E-state index is 1.18. The second kappa shape index (κ2) is 6.50. The van der Waals surface area contributed by atoms with Crippen LogP contribution in [-0.2, 0) is 0 Å². The molecular formula is C26H21NS. The zero-order chi connectivity index (χ0) is 19.3. The number of hydrogen-bond donors (Lipinski definition) is 0. The maximum absolute atomic E-state index is 4.12. The lowest BCUT2D eigenvalue weighted by Crippen LogP contribution is -1.97. The topological polar surface area (TPSA) is 4.93 Å². The lowest BCUT2D eigenvalue weighted by atomic mass is 10.1. The van der Waals surface area contributed by atoms with Crippen molar-refractivity contribution in [2.75, 3.05) is 0 Å². The number of nitrogens with zero attached hydrogens (tertiary/aromatic N) is 1. The number of allylic oxidation sites excluding steroid dienone is 1. The van der Waals surface area contributed by atoms with Gasteiger partial charge in [-0.15, -0.1) is 11.3 Å². The van der Waals surface area contributed by atoms with E-state index in [1.54, 1.807) is 0 Å². The van der Waals surface area contributed by atoms with Crippen molar-refractivity contribution < 1.29 is 0 Å². The SMILES string of the molecule is C=Cc1c(/C=C\C)n(-c2ccc(C)cc2)c2cc3c(cc12)sc1ccccc13. The highest BCUT2D eigenvalue weighted by Crippen LogP contribution is 2.40. The molecule has 0 atom stereocenters. The van der Waals surface area contributed by atoms with Gasteiger partial charge in [-0.05, 0) is 50.3 Å². The van der Waals surface area contributed by atoms with Crippen molar-refractivity contribution >= 4 is 54.6 Å². The molecule has 0 aliphatic heterocycles. The molecule has 2 aromatic heterocycles. The van der Waals surface area contributed by atoms with Gasteiger partial charge in [0.2, 0.25) is 0 Å². The van der Waals surface area contributed by atoms with E-state index in [1.807, 2.05) is 17.4 Å². The Labute approximate surface area is 168 Å². The molecular weight excluding hydrogens is 358 g/mol. The zero-order valence-electron chi connectivity index (χ0n) is 16.1. The smallest absolute Gasteiger partial charge is 0.0548 e. The molecule has 1 nitrogen and oxygen atoms in total. The fourth-order valence-electron chi connectivity index (χ4n) is 4.06. The molecule has 0 spiro atoms. The summed E-state index contributed by atoms with van der Waals surface area (Å²) in [5, 5.41) is 3.90. The lowest BCUT2D eigenvalue weighted by molar-refractivity contribution is 1.10. The molecule has 0 N–H and O–H groups in total. The third kappa shape index (κ3) is 2.45.